The number of hydrogen-bond acceptors (Lipinski definition) is 3. The molecular weight excluding hydrogens is 234 g/mol. The molecule has 1 N–H and O–H groups in total. The maximum absolute atomic E-state index is 11.9. The lowest BCUT2D eigenvalue weighted by atomic mass is 10.3. The van der Waals surface area contributed by atoms with Gasteiger partial charge >= 0.3 is 5.97 Å². The zero-order valence-corrected chi connectivity index (χ0v) is 10.1. The summed E-state index contributed by atoms with van der Waals surface area (Å²) < 4.78 is 1.64. The van der Waals surface area contributed by atoms with E-state index in [4.69, 9.17) is 5.11 Å². The third-order valence-electron chi connectivity index (χ3n) is 2.83. The Morgan fingerprint density at radius 2 is 2.33 bits per heavy atom. The number of carbonyl (C=O) groups excluding carboxylic acids is 1. The summed E-state index contributed by atoms with van der Waals surface area (Å²) >= 11 is 0. The van der Waals surface area contributed by atoms with Crippen LogP contribution >= 0.6 is 0 Å². The van der Waals surface area contributed by atoms with Gasteiger partial charge in [-0.2, -0.15) is 5.10 Å². The fourth-order valence-electron chi connectivity index (χ4n) is 1.72. The molecular formula is C12H15N3O3. The number of hydrogen-bond donors (Lipinski definition) is 1. The molecule has 6 nitrogen and oxygen atoms in total. The number of aliphatic carboxylic acids is 1. The number of nitrogens with zero attached hydrogens (tertiary/aromatic N) is 3. The highest BCUT2D eigenvalue weighted by atomic mass is 16.4. The predicted molar refractivity (Wildman–Crippen MR) is 64.6 cm³/mol. The molecule has 18 heavy (non-hydrogen) atoms. The number of aryl methyl sites for hydroxylation is 1. The molecule has 0 atom stereocenters. The van der Waals surface area contributed by atoms with Crippen molar-refractivity contribution >= 4 is 18.0 Å². The zero-order chi connectivity index (χ0) is 13.1. The van der Waals surface area contributed by atoms with Gasteiger partial charge in [-0.3, -0.25) is 14.3 Å². The van der Waals surface area contributed by atoms with Gasteiger partial charge in [0.15, 0.2) is 0 Å². The Morgan fingerprint density at radius 3 is 2.83 bits per heavy atom. The number of carbonyl (C=O) groups is 2. The summed E-state index contributed by atoms with van der Waals surface area (Å²) in [6, 6.07) is 1.87. The van der Waals surface area contributed by atoms with Crippen LogP contribution in [0.4, 0.5) is 0 Å². The maximum atomic E-state index is 11.9. The second-order valence-electron chi connectivity index (χ2n) is 4.30. The first-order chi connectivity index (χ1) is 8.58. The van der Waals surface area contributed by atoms with Gasteiger partial charge in [-0.25, -0.2) is 0 Å². The van der Waals surface area contributed by atoms with E-state index in [0.717, 1.165) is 18.5 Å². The molecule has 0 aromatic carbocycles. The van der Waals surface area contributed by atoms with Gasteiger partial charge in [0, 0.05) is 25.4 Å². The fraction of sp³-hybridized carbons (Fsp3) is 0.417. The molecule has 1 aromatic rings. The summed E-state index contributed by atoms with van der Waals surface area (Å²) in [6.07, 6.45) is 6.46. The van der Waals surface area contributed by atoms with E-state index < -0.39 is 5.97 Å². The highest BCUT2D eigenvalue weighted by Gasteiger charge is 2.32. The molecule has 1 aliphatic carbocycles. The minimum atomic E-state index is -0.982. The number of amides is 1. The van der Waals surface area contributed by atoms with Crippen LogP contribution in [0.15, 0.2) is 18.3 Å². The van der Waals surface area contributed by atoms with E-state index in [-0.39, 0.29) is 18.5 Å². The molecule has 0 unspecified atom stereocenters. The van der Waals surface area contributed by atoms with Crippen LogP contribution in [0.2, 0.25) is 0 Å². The lowest BCUT2D eigenvalue weighted by Gasteiger charge is -2.17. The smallest absolute Gasteiger partial charge is 0.323 e. The average Bonchev–Trinajstić information content (AvgIpc) is 3.07. The van der Waals surface area contributed by atoms with E-state index in [1.807, 2.05) is 0 Å². The van der Waals surface area contributed by atoms with E-state index in [9.17, 15) is 9.59 Å². The van der Waals surface area contributed by atoms with E-state index in [1.165, 1.54) is 11.0 Å². The Kier molecular flexibility index (Phi) is 3.45. The molecule has 6 heteroatoms. The summed E-state index contributed by atoms with van der Waals surface area (Å²) in [4.78, 5) is 24.0. The summed E-state index contributed by atoms with van der Waals surface area (Å²) in [5.41, 5.74) is 0.800. The van der Waals surface area contributed by atoms with Crippen LogP contribution in [-0.4, -0.2) is 44.3 Å². The zero-order valence-electron chi connectivity index (χ0n) is 10.1. The van der Waals surface area contributed by atoms with E-state index >= 15 is 0 Å². The Morgan fingerprint density at radius 1 is 1.61 bits per heavy atom. The number of carboxylic acid groups (broad SMARTS) is 1. The largest absolute Gasteiger partial charge is 0.480 e. The molecule has 1 fully saturated rings. The molecule has 1 aliphatic rings. The lowest BCUT2D eigenvalue weighted by Crippen LogP contribution is -2.36. The first-order valence-electron chi connectivity index (χ1n) is 5.76. The Labute approximate surface area is 105 Å². The highest BCUT2D eigenvalue weighted by Crippen LogP contribution is 2.26. The summed E-state index contributed by atoms with van der Waals surface area (Å²) in [5, 5.41) is 12.8. The third-order valence-corrected chi connectivity index (χ3v) is 2.83. The summed E-state index contributed by atoms with van der Waals surface area (Å²) in [6.45, 7) is -0.237. The molecule has 1 amide bonds. The maximum Gasteiger partial charge on any atom is 0.323 e. The number of aromatic nitrogens is 2. The van der Waals surface area contributed by atoms with Crippen molar-refractivity contribution in [2.75, 3.05) is 6.54 Å². The van der Waals surface area contributed by atoms with Gasteiger partial charge in [0.25, 0.3) is 0 Å². The second-order valence-corrected chi connectivity index (χ2v) is 4.30. The van der Waals surface area contributed by atoms with Crippen molar-refractivity contribution in [1.29, 1.82) is 0 Å². The molecule has 1 saturated carbocycles. The monoisotopic (exact) mass is 249 g/mol. The summed E-state index contributed by atoms with van der Waals surface area (Å²) in [7, 11) is 1.78. The highest BCUT2D eigenvalue weighted by molar-refractivity contribution is 5.93. The number of carboxylic acids is 1. The minimum absolute atomic E-state index is 0.0878. The van der Waals surface area contributed by atoms with Crippen LogP contribution in [0.1, 0.15) is 18.5 Å². The van der Waals surface area contributed by atoms with Crippen molar-refractivity contribution in [2.24, 2.45) is 7.05 Å². The molecule has 1 heterocycles. The van der Waals surface area contributed by atoms with Crippen LogP contribution in [0.25, 0.3) is 6.08 Å². The van der Waals surface area contributed by atoms with Gasteiger partial charge in [-0.1, -0.05) is 0 Å². The molecule has 0 saturated heterocycles. The van der Waals surface area contributed by atoms with Crippen molar-refractivity contribution in [2.45, 2.75) is 18.9 Å². The minimum Gasteiger partial charge on any atom is -0.480 e. The van der Waals surface area contributed by atoms with Crippen LogP contribution in [0.3, 0.4) is 0 Å². The normalized spacial score (nSPS) is 14.9. The van der Waals surface area contributed by atoms with Crippen molar-refractivity contribution in [3.63, 3.8) is 0 Å². The summed E-state index contributed by atoms with van der Waals surface area (Å²) in [5.74, 6) is -1.25. The van der Waals surface area contributed by atoms with E-state index in [0.29, 0.717) is 0 Å². The molecule has 1 aromatic heterocycles. The van der Waals surface area contributed by atoms with Gasteiger partial charge in [0.05, 0.1) is 5.69 Å². The van der Waals surface area contributed by atoms with Gasteiger partial charge < -0.3 is 10.0 Å². The van der Waals surface area contributed by atoms with Crippen LogP contribution in [-0.2, 0) is 16.6 Å². The van der Waals surface area contributed by atoms with Crippen LogP contribution in [0, 0.1) is 0 Å². The molecule has 0 aliphatic heterocycles. The Balaban J connectivity index is 2.03. The van der Waals surface area contributed by atoms with Crippen molar-refractivity contribution in [1.82, 2.24) is 14.7 Å². The molecule has 0 bridgehead atoms. The van der Waals surface area contributed by atoms with Gasteiger partial charge in [-0.15, -0.1) is 0 Å². The fourth-order valence-corrected chi connectivity index (χ4v) is 1.72. The molecule has 0 radical (unpaired) electrons. The standard InChI is InChI=1S/C12H15N3O3/c1-14-9(6-7-13-14)4-5-11(16)15(8-12(17)18)10-2-3-10/h4-7,10H,2-3,8H2,1H3,(H,17,18)/b5-4+. The average molecular weight is 249 g/mol. The first-order valence-corrected chi connectivity index (χ1v) is 5.76. The quantitative estimate of drug-likeness (QED) is 0.771. The number of rotatable bonds is 5. The van der Waals surface area contributed by atoms with Gasteiger partial charge in [-0.05, 0) is 25.0 Å². The Bertz CT molecular complexity index is 489. The van der Waals surface area contributed by atoms with E-state index in [2.05, 4.69) is 5.10 Å². The van der Waals surface area contributed by atoms with Gasteiger partial charge in [0.2, 0.25) is 5.91 Å². The van der Waals surface area contributed by atoms with Crippen molar-refractivity contribution in [3.8, 4) is 0 Å². The Hall–Kier alpha value is -2.11. The van der Waals surface area contributed by atoms with Crippen molar-refractivity contribution in [3.05, 3.63) is 24.0 Å². The van der Waals surface area contributed by atoms with Crippen LogP contribution < -0.4 is 0 Å². The molecule has 2 rings (SSSR count). The van der Waals surface area contributed by atoms with Gasteiger partial charge in [0.1, 0.15) is 6.54 Å². The lowest BCUT2D eigenvalue weighted by molar-refractivity contribution is -0.143. The second kappa shape index (κ2) is 5.03. The SMILES string of the molecule is Cn1nccc1/C=C/C(=O)N(CC(=O)O)C1CC1. The first kappa shape index (κ1) is 12.3. The van der Waals surface area contributed by atoms with Crippen LogP contribution in [0.5, 0.6) is 0 Å². The molecule has 0 spiro atoms. The van der Waals surface area contributed by atoms with E-state index in [1.54, 1.807) is 30.1 Å². The predicted octanol–water partition coefficient (Wildman–Crippen LogP) is 0.509. The molecule has 96 valence electrons. The van der Waals surface area contributed by atoms with Crippen molar-refractivity contribution < 1.29 is 14.7 Å². The third kappa shape index (κ3) is 2.97. The topological polar surface area (TPSA) is 75.4 Å².